The fourth-order valence-electron chi connectivity index (χ4n) is 2.66. The highest BCUT2D eigenvalue weighted by atomic mass is 16.6. The minimum atomic E-state index is -0.957. The first-order valence-electron chi connectivity index (χ1n) is 9.86. The van der Waals surface area contributed by atoms with Crippen LogP contribution in [0, 0.1) is 6.92 Å². The average Bonchev–Trinajstić information content (AvgIpc) is 3.20. The Morgan fingerprint density at radius 3 is 2.32 bits per heavy atom. The van der Waals surface area contributed by atoms with Crippen molar-refractivity contribution in [3.05, 3.63) is 72.0 Å². The number of ether oxygens (including phenoxy) is 3. The van der Waals surface area contributed by atoms with Crippen molar-refractivity contribution >= 4 is 17.7 Å². The van der Waals surface area contributed by atoms with Crippen molar-refractivity contribution in [1.82, 2.24) is 5.16 Å². The lowest BCUT2D eigenvalue weighted by Crippen LogP contribution is -2.33. The third-order valence-electron chi connectivity index (χ3n) is 4.24. The summed E-state index contributed by atoms with van der Waals surface area (Å²) in [4.78, 5) is 24.3. The zero-order valence-corrected chi connectivity index (χ0v) is 17.4. The molecule has 0 saturated heterocycles. The van der Waals surface area contributed by atoms with Crippen molar-refractivity contribution in [3.8, 4) is 11.5 Å². The summed E-state index contributed by atoms with van der Waals surface area (Å²) in [6, 6.07) is 18.3. The Hall–Kier alpha value is -3.81. The third-order valence-corrected chi connectivity index (χ3v) is 4.24. The fourth-order valence-corrected chi connectivity index (χ4v) is 2.66. The van der Waals surface area contributed by atoms with Crippen LogP contribution in [0.2, 0.25) is 0 Å². The number of amides is 1. The number of benzene rings is 2. The molecule has 3 rings (SSSR count). The first kappa shape index (κ1) is 21.9. The van der Waals surface area contributed by atoms with Gasteiger partial charge in [-0.3, -0.25) is 4.79 Å². The van der Waals surface area contributed by atoms with E-state index in [1.165, 1.54) is 0 Å². The molecule has 3 aromatic rings. The molecule has 31 heavy (non-hydrogen) atoms. The normalized spacial score (nSPS) is 11.4. The van der Waals surface area contributed by atoms with Crippen molar-refractivity contribution in [2.45, 2.75) is 33.0 Å². The molecule has 0 saturated carbocycles. The van der Waals surface area contributed by atoms with Crippen LogP contribution >= 0.6 is 0 Å². The number of nitrogens with one attached hydrogen (secondary N) is 1. The molecular weight excluding hydrogens is 400 g/mol. The van der Waals surface area contributed by atoms with Crippen LogP contribution in [0.3, 0.4) is 0 Å². The van der Waals surface area contributed by atoms with E-state index in [0.717, 1.165) is 5.56 Å². The van der Waals surface area contributed by atoms with Crippen molar-refractivity contribution < 1.29 is 28.3 Å². The Bertz CT molecular complexity index is 985. The summed E-state index contributed by atoms with van der Waals surface area (Å²) in [6.45, 7) is 3.58. The summed E-state index contributed by atoms with van der Waals surface area (Å²) in [5.41, 5.74) is 1.07. The summed E-state index contributed by atoms with van der Waals surface area (Å²) >= 11 is 0. The summed E-state index contributed by atoms with van der Waals surface area (Å²) in [6.07, 6.45) is -0.649. The van der Waals surface area contributed by atoms with Crippen LogP contribution in [-0.2, 0) is 20.9 Å². The fraction of sp³-hybridized carbons (Fsp3) is 0.261. The number of aryl methyl sites for hydroxylation is 1. The number of hydrogen-bond acceptors (Lipinski definition) is 7. The van der Waals surface area contributed by atoms with Crippen LogP contribution in [0.15, 0.2) is 65.2 Å². The second-order valence-electron chi connectivity index (χ2n) is 6.73. The van der Waals surface area contributed by atoms with E-state index in [-0.39, 0.29) is 12.4 Å². The minimum Gasteiger partial charge on any atom is -0.489 e. The standard InChI is InChI=1S/C23H24N2O6/c1-3-20(23(27)24-21-13-16(2)31-25-21)30-22(26)15-29-19-11-9-18(10-12-19)28-14-17-7-5-4-6-8-17/h4-13,20H,3,14-15H2,1-2H3,(H,24,25,27). The van der Waals surface area contributed by atoms with Crippen LogP contribution < -0.4 is 14.8 Å². The maximum Gasteiger partial charge on any atom is 0.344 e. The largest absolute Gasteiger partial charge is 0.489 e. The molecule has 0 bridgehead atoms. The highest BCUT2D eigenvalue weighted by Crippen LogP contribution is 2.19. The van der Waals surface area contributed by atoms with E-state index in [2.05, 4.69) is 10.5 Å². The second kappa shape index (κ2) is 10.8. The van der Waals surface area contributed by atoms with Gasteiger partial charge >= 0.3 is 5.97 Å². The molecule has 1 unspecified atom stereocenters. The maximum absolute atomic E-state index is 12.2. The van der Waals surface area contributed by atoms with Crippen molar-refractivity contribution in [3.63, 3.8) is 0 Å². The predicted octanol–water partition coefficient (Wildman–Crippen LogP) is 3.90. The number of rotatable bonds is 10. The summed E-state index contributed by atoms with van der Waals surface area (Å²) < 4.78 is 21.3. The third kappa shape index (κ3) is 6.88. The SMILES string of the molecule is CCC(OC(=O)COc1ccc(OCc2ccccc2)cc1)C(=O)Nc1cc(C)on1. The first-order chi connectivity index (χ1) is 15.0. The van der Waals surface area contributed by atoms with Crippen molar-refractivity contribution in [2.24, 2.45) is 0 Å². The summed E-state index contributed by atoms with van der Waals surface area (Å²) in [5, 5.41) is 6.23. The van der Waals surface area contributed by atoms with Gasteiger partial charge in [-0.05, 0) is 43.2 Å². The van der Waals surface area contributed by atoms with Gasteiger partial charge in [-0.25, -0.2) is 4.79 Å². The van der Waals surface area contributed by atoms with E-state index < -0.39 is 18.0 Å². The van der Waals surface area contributed by atoms with Gasteiger partial charge in [0.05, 0.1) is 0 Å². The maximum atomic E-state index is 12.2. The molecule has 1 heterocycles. The molecule has 8 nitrogen and oxygen atoms in total. The number of carbonyl (C=O) groups is 2. The molecule has 8 heteroatoms. The first-order valence-corrected chi connectivity index (χ1v) is 9.86. The summed E-state index contributed by atoms with van der Waals surface area (Å²) in [7, 11) is 0. The molecule has 0 aliphatic carbocycles. The van der Waals surface area contributed by atoms with E-state index in [1.807, 2.05) is 30.3 Å². The van der Waals surface area contributed by atoms with Gasteiger partial charge < -0.3 is 24.1 Å². The van der Waals surface area contributed by atoms with Crippen LogP contribution in [0.5, 0.6) is 11.5 Å². The van der Waals surface area contributed by atoms with Crippen LogP contribution in [0.25, 0.3) is 0 Å². The molecule has 0 radical (unpaired) electrons. The molecular formula is C23H24N2O6. The van der Waals surface area contributed by atoms with E-state index in [0.29, 0.717) is 30.3 Å². The lowest BCUT2D eigenvalue weighted by atomic mass is 10.2. The molecule has 0 aliphatic rings. The van der Waals surface area contributed by atoms with Crippen LogP contribution in [0.4, 0.5) is 5.82 Å². The van der Waals surface area contributed by atoms with E-state index in [4.69, 9.17) is 18.7 Å². The van der Waals surface area contributed by atoms with E-state index in [9.17, 15) is 9.59 Å². The predicted molar refractivity (Wildman–Crippen MR) is 113 cm³/mol. The molecule has 1 amide bonds. The topological polar surface area (TPSA) is 99.9 Å². The molecule has 1 atom stereocenters. The number of esters is 1. The molecule has 0 spiro atoms. The average molecular weight is 424 g/mol. The number of carbonyl (C=O) groups excluding carboxylic acids is 2. The van der Waals surface area contributed by atoms with Crippen LogP contribution in [0.1, 0.15) is 24.7 Å². The quantitative estimate of drug-likeness (QED) is 0.493. The van der Waals surface area contributed by atoms with Gasteiger partial charge in [-0.2, -0.15) is 0 Å². The Morgan fingerprint density at radius 2 is 1.71 bits per heavy atom. The number of hydrogen-bond donors (Lipinski definition) is 1. The summed E-state index contributed by atoms with van der Waals surface area (Å²) in [5.74, 6) is 0.865. The Balaban J connectivity index is 1.43. The molecule has 0 fully saturated rings. The second-order valence-corrected chi connectivity index (χ2v) is 6.73. The molecule has 162 valence electrons. The van der Waals surface area contributed by atoms with Gasteiger partial charge in [0, 0.05) is 6.07 Å². The van der Waals surface area contributed by atoms with Gasteiger partial charge in [0.15, 0.2) is 18.5 Å². The van der Waals surface area contributed by atoms with Gasteiger partial charge in [0.2, 0.25) is 0 Å². The van der Waals surface area contributed by atoms with Gasteiger partial charge in [-0.15, -0.1) is 0 Å². The minimum absolute atomic E-state index is 0.267. The van der Waals surface area contributed by atoms with E-state index >= 15 is 0 Å². The van der Waals surface area contributed by atoms with Gasteiger partial charge in [0.25, 0.3) is 5.91 Å². The number of aromatic nitrogens is 1. The number of anilines is 1. The van der Waals surface area contributed by atoms with E-state index in [1.54, 1.807) is 44.2 Å². The smallest absolute Gasteiger partial charge is 0.344 e. The Kier molecular flexibility index (Phi) is 7.64. The molecule has 2 aromatic carbocycles. The lowest BCUT2D eigenvalue weighted by Gasteiger charge is -2.15. The molecule has 1 aromatic heterocycles. The Labute approximate surface area is 180 Å². The molecule has 0 aliphatic heterocycles. The van der Waals surface area contributed by atoms with Crippen molar-refractivity contribution in [1.29, 1.82) is 0 Å². The zero-order valence-electron chi connectivity index (χ0n) is 17.4. The van der Waals surface area contributed by atoms with Gasteiger partial charge in [-0.1, -0.05) is 42.4 Å². The lowest BCUT2D eigenvalue weighted by molar-refractivity contribution is -0.156. The zero-order chi connectivity index (χ0) is 22.1. The van der Waals surface area contributed by atoms with Crippen molar-refractivity contribution in [2.75, 3.05) is 11.9 Å². The number of nitrogens with zero attached hydrogens (tertiary/aromatic N) is 1. The molecule has 1 N–H and O–H groups in total. The Morgan fingerprint density at radius 1 is 1.03 bits per heavy atom. The monoisotopic (exact) mass is 424 g/mol. The van der Waals surface area contributed by atoms with Crippen LogP contribution in [-0.4, -0.2) is 29.7 Å². The van der Waals surface area contributed by atoms with Gasteiger partial charge in [0.1, 0.15) is 23.9 Å². The highest BCUT2D eigenvalue weighted by molar-refractivity contribution is 5.94. The highest BCUT2D eigenvalue weighted by Gasteiger charge is 2.22.